The van der Waals surface area contributed by atoms with Gasteiger partial charge >= 0.3 is 17.9 Å². The van der Waals surface area contributed by atoms with Crippen LogP contribution in [0.15, 0.2) is 207 Å². The molecule has 0 spiro atoms. The normalized spacial score (nSPS) is 13.6. The number of esters is 3. The molecular weight excluding hydrogens is 949 g/mol. The Morgan fingerprint density at radius 1 is 0.273 bits per heavy atom. The van der Waals surface area contributed by atoms with Crippen molar-refractivity contribution < 1.29 is 28.6 Å². The van der Waals surface area contributed by atoms with Gasteiger partial charge in [0, 0.05) is 12.8 Å². The van der Waals surface area contributed by atoms with E-state index in [1.807, 2.05) is 6.08 Å². The van der Waals surface area contributed by atoms with E-state index >= 15 is 0 Å². The summed E-state index contributed by atoms with van der Waals surface area (Å²) in [7, 11) is 0. The molecule has 0 radical (unpaired) electrons. The Morgan fingerprint density at radius 3 is 0.857 bits per heavy atom. The Balaban J connectivity index is 4.61. The second-order valence-corrected chi connectivity index (χ2v) is 18.4. The first-order chi connectivity index (χ1) is 38.0. The van der Waals surface area contributed by atoms with Gasteiger partial charge in [-0.3, -0.25) is 14.4 Å². The molecule has 0 saturated heterocycles. The predicted octanol–water partition coefficient (Wildman–Crippen LogP) is 20.4. The van der Waals surface area contributed by atoms with Crippen LogP contribution in [0.4, 0.5) is 0 Å². The zero-order valence-corrected chi connectivity index (χ0v) is 48.4. The summed E-state index contributed by atoms with van der Waals surface area (Å²) in [6.07, 6.45) is 97.0. The standard InChI is InChI=1S/C71H104O6/c1-4-7-10-13-16-19-22-25-28-30-31-32-33-34-35-36-37-38-39-41-43-46-49-52-55-58-61-64-70(73)76-67-68(66-75-69(72)63-60-57-54-51-48-45-42-27-24-21-18-15-12-9-6-3)77-71(74)65-62-59-56-53-50-47-44-40-29-26-23-20-17-14-11-8-5-2/h7-12,16-21,25-29,31-32,34-35,37-38,41-44,47-49,51-52,57,60,68H,4-6,13-15,22-24,30,33,36,39-40,45-46,50,53-56,58-59,61-67H2,1-3H3/b10-7-,11-8-,12-9-,19-16-,20-17-,21-18-,28-25-,29-26-,32-31-,35-34-,38-37-,42-27-,43-41-,47-44-,51-48-,52-49-,60-57-. The van der Waals surface area contributed by atoms with Crippen LogP contribution in [-0.2, 0) is 28.6 Å². The van der Waals surface area contributed by atoms with E-state index in [-0.39, 0.29) is 44.4 Å². The van der Waals surface area contributed by atoms with E-state index in [1.54, 1.807) is 6.08 Å². The third kappa shape index (κ3) is 60.7. The lowest BCUT2D eigenvalue weighted by molar-refractivity contribution is -0.166. The second-order valence-electron chi connectivity index (χ2n) is 18.4. The Hall–Kier alpha value is -6.01. The van der Waals surface area contributed by atoms with Crippen molar-refractivity contribution in [2.75, 3.05) is 13.2 Å². The fourth-order valence-corrected chi connectivity index (χ4v) is 6.99. The molecule has 0 rings (SSSR count). The maximum absolute atomic E-state index is 12.9. The van der Waals surface area contributed by atoms with Crippen LogP contribution in [0.25, 0.3) is 0 Å². The summed E-state index contributed by atoms with van der Waals surface area (Å²) < 4.78 is 16.7. The monoisotopic (exact) mass is 1050 g/mol. The highest BCUT2D eigenvalue weighted by Crippen LogP contribution is 2.11. The van der Waals surface area contributed by atoms with Crippen molar-refractivity contribution in [1.29, 1.82) is 0 Å². The zero-order valence-electron chi connectivity index (χ0n) is 48.4. The summed E-state index contributed by atoms with van der Waals surface area (Å²) >= 11 is 0. The van der Waals surface area contributed by atoms with E-state index in [0.29, 0.717) is 19.3 Å². The summed E-state index contributed by atoms with van der Waals surface area (Å²) in [4.78, 5) is 38.1. The van der Waals surface area contributed by atoms with Gasteiger partial charge in [0.1, 0.15) is 13.2 Å². The van der Waals surface area contributed by atoms with Crippen molar-refractivity contribution >= 4 is 17.9 Å². The van der Waals surface area contributed by atoms with Gasteiger partial charge in [0.2, 0.25) is 0 Å². The van der Waals surface area contributed by atoms with E-state index in [2.05, 4.69) is 215 Å². The van der Waals surface area contributed by atoms with Gasteiger partial charge in [-0.15, -0.1) is 0 Å². The Bertz CT molecular complexity index is 1930. The van der Waals surface area contributed by atoms with E-state index in [0.717, 1.165) is 141 Å². The maximum atomic E-state index is 12.9. The highest BCUT2D eigenvalue weighted by molar-refractivity contribution is 5.72. The van der Waals surface area contributed by atoms with Crippen LogP contribution in [0, 0.1) is 0 Å². The smallest absolute Gasteiger partial charge is 0.309 e. The SMILES string of the molecule is CC/C=C\C/C=C\C/C=C\C/C=C\C/C=C\C/C=C\C/C=C\C/C=C\CCCCC(=O)OCC(COC(=O)C/C=C\C/C=C\C/C=C\C/C=C\C/C=C\CC)OC(=O)CCCCCC/C=C\C/C=C\C/C=C\C/C=C\CC. The molecule has 0 aliphatic heterocycles. The number of ether oxygens (including phenoxy) is 3. The zero-order chi connectivity index (χ0) is 55.7. The maximum Gasteiger partial charge on any atom is 0.309 e. The van der Waals surface area contributed by atoms with Gasteiger partial charge < -0.3 is 14.2 Å². The molecule has 0 bridgehead atoms. The first-order valence-corrected chi connectivity index (χ1v) is 29.6. The van der Waals surface area contributed by atoms with Gasteiger partial charge in [0.25, 0.3) is 0 Å². The van der Waals surface area contributed by atoms with Crippen molar-refractivity contribution in [1.82, 2.24) is 0 Å². The van der Waals surface area contributed by atoms with Crippen molar-refractivity contribution in [2.45, 2.75) is 207 Å². The topological polar surface area (TPSA) is 78.9 Å². The summed E-state index contributed by atoms with van der Waals surface area (Å²) in [6.45, 7) is 6.12. The van der Waals surface area contributed by atoms with Gasteiger partial charge in [-0.05, 0) is 148 Å². The number of carbonyl (C=O) groups is 3. The molecule has 0 aromatic rings. The Morgan fingerprint density at radius 2 is 0.519 bits per heavy atom. The molecular formula is C71H104O6. The molecule has 6 heteroatoms. The van der Waals surface area contributed by atoms with Crippen LogP contribution in [0.1, 0.15) is 201 Å². The third-order valence-electron chi connectivity index (χ3n) is 11.3. The minimum Gasteiger partial charge on any atom is -0.462 e. The lowest BCUT2D eigenvalue weighted by Gasteiger charge is -2.18. The van der Waals surface area contributed by atoms with Crippen molar-refractivity contribution in [3.63, 3.8) is 0 Å². The van der Waals surface area contributed by atoms with E-state index in [9.17, 15) is 14.4 Å². The van der Waals surface area contributed by atoms with Crippen molar-refractivity contribution in [3.05, 3.63) is 207 Å². The fraction of sp³-hybridized carbons (Fsp3) is 0.479. The van der Waals surface area contributed by atoms with Gasteiger partial charge in [0.05, 0.1) is 6.42 Å². The molecule has 0 N–H and O–H groups in total. The molecule has 0 aliphatic rings. The lowest BCUT2D eigenvalue weighted by Crippen LogP contribution is -2.30. The molecule has 1 unspecified atom stereocenters. The molecule has 0 aliphatic carbocycles. The molecule has 0 aromatic carbocycles. The number of hydrogen-bond acceptors (Lipinski definition) is 6. The molecule has 6 nitrogen and oxygen atoms in total. The number of carbonyl (C=O) groups excluding carboxylic acids is 3. The summed E-state index contributed by atoms with van der Waals surface area (Å²) in [5.41, 5.74) is 0. The first kappa shape index (κ1) is 71.0. The van der Waals surface area contributed by atoms with Crippen LogP contribution in [0.5, 0.6) is 0 Å². The molecule has 77 heavy (non-hydrogen) atoms. The average Bonchev–Trinajstić information content (AvgIpc) is 3.43. The van der Waals surface area contributed by atoms with Crippen LogP contribution in [-0.4, -0.2) is 37.2 Å². The highest BCUT2D eigenvalue weighted by atomic mass is 16.6. The van der Waals surface area contributed by atoms with Gasteiger partial charge in [-0.25, -0.2) is 0 Å². The lowest BCUT2D eigenvalue weighted by atomic mass is 10.1. The van der Waals surface area contributed by atoms with Crippen molar-refractivity contribution in [3.8, 4) is 0 Å². The molecule has 0 fully saturated rings. The Labute approximate surface area is 470 Å². The summed E-state index contributed by atoms with van der Waals surface area (Å²) in [5, 5.41) is 0. The molecule has 0 saturated carbocycles. The minimum atomic E-state index is -0.864. The minimum absolute atomic E-state index is 0.101. The molecule has 0 heterocycles. The number of allylic oxidation sites excluding steroid dienone is 33. The first-order valence-electron chi connectivity index (χ1n) is 29.6. The second kappa shape index (κ2) is 62.5. The third-order valence-corrected chi connectivity index (χ3v) is 11.3. The van der Waals surface area contributed by atoms with Crippen LogP contribution in [0.3, 0.4) is 0 Å². The number of unbranched alkanes of at least 4 members (excludes halogenated alkanes) is 6. The van der Waals surface area contributed by atoms with Crippen LogP contribution >= 0.6 is 0 Å². The van der Waals surface area contributed by atoms with E-state index < -0.39 is 12.1 Å². The molecule has 1 atom stereocenters. The van der Waals surface area contributed by atoms with Crippen LogP contribution in [0.2, 0.25) is 0 Å². The number of rotatable bonds is 50. The average molecular weight is 1050 g/mol. The predicted molar refractivity (Wildman–Crippen MR) is 333 cm³/mol. The van der Waals surface area contributed by atoms with Crippen molar-refractivity contribution in [2.24, 2.45) is 0 Å². The van der Waals surface area contributed by atoms with E-state index in [4.69, 9.17) is 14.2 Å². The van der Waals surface area contributed by atoms with E-state index in [1.165, 1.54) is 0 Å². The highest BCUT2D eigenvalue weighted by Gasteiger charge is 2.19. The largest absolute Gasteiger partial charge is 0.462 e. The Kier molecular flexibility index (Phi) is 57.6. The fourth-order valence-electron chi connectivity index (χ4n) is 6.99. The molecule has 0 aromatic heterocycles. The van der Waals surface area contributed by atoms with Crippen LogP contribution < -0.4 is 0 Å². The summed E-state index contributed by atoms with van der Waals surface area (Å²) in [5.74, 6) is -1.17. The van der Waals surface area contributed by atoms with Gasteiger partial charge in [-0.1, -0.05) is 240 Å². The quantitative estimate of drug-likeness (QED) is 0.0261. The molecule has 0 amide bonds. The molecule has 424 valence electrons. The summed E-state index contributed by atoms with van der Waals surface area (Å²) in [6, 6.07) is 0. The van der Waals surface area contributed by atoms with Gasteiger partial charge in [-0.2, -0.15) is 0 Å². The number of hydrogen-bond donors (Lipinski definition) is 0. The van der Waals surface area contributed by atoms with Gasteiger partial charge in [0.15, 0.2) is 6.10 Å².